The van der Waals surface area contributed by atoms with Gasteiger partial charge in [0.1, 0.15) is 5.15 Å². The van der Waals surface area contributed by atoms with E-state index in [-0.39, 0.29) is 0 Å². The Morgan fingerprint density at radius 3 is 2.76 bits per heavy atom. The Hall–Kier alpha value is -0.870. The molecule has 0 atom stereocenters. The highest BCUT2D eigenvalue weighted by atomic mass is 35.5. The fourth-order valence-corrected chi connectivity index (χ4v) is 1.73. The van der Waals surface area contributed by atoms with Crippen LogP contribution in [-0.2, 0) is 6.42 Å². The molecule has 17 heavy (non-hydrogen) atoms. The van der Waals surface area contributed by atoms with Crippen LogP contribution in [-0.4, -0.2) is 42.1 Å². The maximum Gasteiger partial charge on any atom is 0.224 e. The van der Waals surface area contributed by atoms with Gasteiger partial charge in [0.2, 0.25) is 5.95 Å². The summed E-state index contributed by atoms with van der Waals surface area (Å²) in [6.07, 6.45) is 3.06. The fraction of sp³-hybridized carbons (Fsp3) is 0.667. The molecular formula is C12H21ClN4. The molecule has 5 heteroatoms. The van der Waals surface area contributed by atoms with Gasteiger partial charge in [0.05, 0.1) is 0 Å². The summed E-state index contributed by atoms with van der Waals surface area (Å²) in [5.74, 6) is 0.639. The van der Waals surface area contributed by atoms with Crippen molar-refractivity contribution in [2.75, 3.05) is 32.5 Å². The third-order valence-electron chi connectivity index (χ3n) is 2.32. The molecule has 0 aliphatic rings. The van der Waals surface area contributed by atoms with E-state index in [0.29, 0.717) is 11.1 Å². The number of anilines is 1. The molecule has 1 rings (SSSR count). The van der Waals surface area contributed by atoms with Crippen molar-refractivity contribution in [3.05, 3.63) is 16.9 Å². The van der Waals surface area contributed by atoms with Crippen LogP contribution >= 0.6 is 11.6 Å². The van der Waals surface area contributed by atoms with Crippen LogP contribution in [0.1, 0.15) is 25.5 Å². The number of nitrogens with one attached hydrogen (secondary N) is 1. The Bertz CT molecular complexity index is 341. The molecule has 0 aliphatic heterocycles. The van der Waals surface area contributed by atoms with Gasteiger partial charge in [-0.1, -0.05) is 24.9 Å². The van der Waals surface area contributed by atoms with Gasteiger partial charge in [-0.3, -0.25) is 0 Å². The highest BCUT2D eigenvalue weighted by Gasteiger charge is 2.02. The topological polar surface area (TPSA) is 41.1 Å². The lowest BCUT2D eigenvalue weighted by Crippen LogP contribution is -2.17. The van der Waals surface area contributed by atoms with Crippen LogP contribution in [0.25, 0.3) is 0 Å². The first-order valence-corrected chi connectivity index (χ1v) is 6.41. The fourth-order valence-electron chi connectivity index (χ4n) is 1.52. The number of aryl methyl sites for hydroxylation is 1. The second kappa shape index (κ2) is 7.45. The molecule has 1 N–H and O–H groups in total. The normalized spacial score (nSPS) is 10.9. The van der Waals surface area contributed by atoms with Crippen molar-refractivity contribution >= 4 is 17.5 Å². The molecular weight excluding hydrogens is 236 g/mol. The van der Waals surface area contributed by atoms with Crippen molar-refractivity contribution in [2.24, 2.45) is 0 Å². The molecule has 4 nitrogen and oxygen atoms in total. The van der Waals surface area contributed by atoms with E-state index in [1.165, 1.54) is 0 Å². The Kier molecular flexibility index (Phi) is 6.22. The third-order valence-corrected chi connectivity index (χ3v) is 2.51. The first-order chi connectivity index (χ1) is 8.11. The average molecular weight is 257 g/mol. The molecule has 1 aromatic heterocycles. The number of rotatable bonds is 7. The zero-order valence-electron chi connectivity index (χ0n) is 10.8. The zero-order chi connectivity index (χ0) is 12.7. The minimum absolute atomic E-state index is 0.513. The third kappa shape index (κ3) is 5.84. The van der Waals surface area contributed by atoms with Gasteiger partial charge in [-0.15, -0.1) is 0 Å². The van der Waals surface area contributed by atoms with Gasteiger partial charge in [0.15, 0.2) is 0 Å². The van der Waals surface area contributed by atoms with Crippen LogP contribution in [0.15, 0.2) is 6.07 Å². The van der Waals surface area contributed by atoms with Crippen LogP contribution in [0, 0.1) is 0 Å². The Labute approximate surface area is 108 Å². The van der Waals surface area contributed by atoms with Crippen molar-refractivity contribution in [3.8, 4) is 0 Å². The summed E-state index contributed by atoms with van der Waals surface area (Å²) in [5, 5.41) is 3.72. The molecule has 0 bridgehead atoms. The maximum atomic E-state index is 5.95. The quantitative estimate of drug-likeness (QED) is 0.601. The largest absolute Gasteiger partial charge is 0.354 e. The zero-order valence-corrected chi connectivity index (χ0v) is 11.6. The van der Waals surface area contributed by atoms with Crippen LogP contribution in [0.2, 0.25) is 5.15 Å². The number of hydrogen-bond donors (Lipinski definition) is 1. The number of hydrogen-bond acceptors (Lipinski definition) is 4. The van der Waals surface area contributed by atoms with Gasteiger partial charge < -0.3 is 10.2 Å². The monoisotopic (exact) mass is 256 g/mol. The van der Waals surface area contributed by atoms with Crippen molar-refractivity contribution < 1.29 is 0 Å². The Balaban J connectivity index is 2.46. The van der Waals surface area contributed by atoms with Crippen LogP contribution < -0.4 is 5.32 Å². The molecule has 1 aromatic rings. The van der Waals surface area contributed by atoms with E-state index in [1.54, 1.807) is 0 Å². The van der Waals surface area contributed by atoms with Gasteiger partial charge in [-0.05, 0) is 39.5 Å². The van der Waals surface area contributed by atoms with Crippen molar-refractivity contribution in [1.82, 2.24) is 14.9 Å². The second-order valence-electron chi connectivity index (χ2n) is 4.34. The minimum atomic E-state index is 0.513. The molecule has 0 amide bonds. The van der Waals surface area contributed by atoms with Gasteiger partial charge in [-0.25, -0.2) is 9.97 Å². The predicted molar refractivity (Wildman–Crippen MR) is 72.7 cm³/mol. The molecule has 0 aliphatic carbocycles. The minimum Gasteiger partial charge on any atom is -0.354 e. The van der Waals surface area contributed by atoms with E-state index < -0.39 is 0 Å². The molecule has 96 valence electrons. The number of halogens is 1. The van der Waals surface area contributed by atoms with E-state index in [1.807, 2.05) is 6.07 Å². The molecule has 0 fully saturated rings. The van der Waals surface area contributed by atoms with E-state index >= 15 is 0 Å². The van der Waals surface area contributed by atoms with E-state index in [2.05, 4.69) is 41.2 Å². The van der Waals surface area contributed by atoms with Gasteiger partial charge in [0, 0.05) is 12.2 Å². The van der Waals surface area contributed by atoms with Crippen LogP contribution in [0.5, 0.6) is 0 Å². The summed E-state index contributed by atoms with van der Waals surface area (Å²) in [7, 11) is 4.13. The highest BCUT2D eigenvalue weighted by Crippen LogP contribution is 2.11. The number of aromatic nitrogens is 2. The average Bonchev–Trinajstić information content (AvgIpc) is 2.24. The Morgan fingerprint density at radius 1 is 1.35 bits per heavy atom. The van der Waals surface area contributed by atoms with Crippen molar-refractivity contribution in [1.29, 1.82) is 0 Å². The van der Waals surface area contributed by atoms with Gasteiger partial charge in [-0.2, -0.15) is 0 Å². The van der Waals surface area contributed by atoms with E-state index in [9.17, 15) is 0 Å². The Morgan fingerprint density at radius 2 is 2.12 bits per heavy atom. The molecule has 1 heterocycles. The second-order valence-corrected chi connectivity index (χ2v) is 4.73. The molecule has 0 spiro atoms. The van der Waals surface area contributed by atoms with Gasteiger partial charge in [0.25, 0.3) is 0 Å². The smallest absolute Gasteiger partial charge is 0.224 e. The van der Waals surface area contributed by atoms with Crippen LogP contribution in [0.4, 0.5) is 5.95 Å². The number of nitrogens with zero attached hydrogens (tertiary/aromatic N) is 3. The lowest BCUT2D eigenvalue weighted by molar-refractivity contribution is 0.405. The highest BCUT2D eigenvalue weighted by molar-refractivity contribution is 6.29. The first-order valence-electron chi connectivity index (χ1n) is 6.04. The SMILES string of the molecule is CCCc1cc(Cl)nc(NCCCN(C)C)n1. The van der Waals surface area contributed by atoms with E-state index in [0.717, 1.165) is 38.0 Å². The summed E-state index contributed by atoms with van der Waals surface area (Å²) in [6, 6.07) is 1.83. The van der Waals surface area contributed by atoms with Crippen LogP contribution in [0.3, 0.4) is 0 Å². The predicted octanol–water partition coefficient (Wildman–Crippen LogP) is 2.45. The first kappa shape index (κ1) is 14.2. The maximum absolute atomic E-state index is 5.95. The standard InChI is InChI=1S/C12H21ClN4/c1-4-6-10-9-11(13)16-12(15-10)14-7-5-8-17(2)3/h9H,4-8H2,1-3H3,(H,14,15,16). The summed E-state index contributed by atoms with van der Waals surface area (Å²) in [4.78, 5) is 10.7. The molecule has 0 saturated heterocycles. The lowest BCUT2D eigenvalue weighted by Gasteiger charge is -2.10. The van der Waals surface area contributed by atoms with Crippen molar-refractivity contribution in [2.45, 2.75) is 26.2 Å². The van der Waals surface area contributed by atoms with Gasteiger partial charge >= 0.3 is 0 Å². The summed E-state index contributed by atoms with van der Waals surface area (Å²) in [6.45, 7) is 4.04. The molecule has 0 saturated carbocycles. The van der Waals surface area contributed by atoms with Crippen molar-refractivity contribution in [3.63, 3.8) is 0 Å². The summed E-state index contributed by atoms with van der Waals surface area (Å²) >= 11 is 5.95. The summed E-state index contributed by atoms with van der Waals surface area (Å²) in [5.41, 5.74) is 1.00. The summed E-state index contributed by atoms with van der Waals surface area (Å²) < 4.78 is 0. The van der Waals surface area contributed by atoms with E-state index in [4.69, 9.17) is 11.6 Å². The molecule has 0 radical (unpaired) electrons. The molecule has 0 aromatic carbocycles. The molecule has 0 unspecified atom stereocenters. The lowest BCUT2D eigenvalue weighted by atomic mass is 10.2.